The summed E-state index contributed by atoms with van der Waals surface area (Å²) in [7, 11) is 0. The van der Waals surface area contributed by atoms with Gasteiger partial charge in [-0.25, -0.2) is 0 Å². The number of aromatic nitrogens is 1. The Labute approximate surface area is 130 Å². The van der Waals surface area contributed by atoms with Crippen LogP contribution in [0, 0.1) is 0 Å². The first-order chi connectivity index (χ1) is 10.1. The van der Waals surface area contributed by atoms with Crippen molar-refractivity contribution in [3.8, 4) is 0 Å². The van der Waals surface area contributed by atoms with Gasteiger partial charge in [-0.3, -0.25) is 4.98 Å². The lowest BCUT2D eigenvalue weighted by atomic mass is 10.0. The van der Waals surface area contributed by atoms with Gasteiger partial charge in [-0.1, -0.05) is 15.9 Å². The summed E-state index contributed by atoms with van der Waals surface area (Å²) in [6.45, 7) is 2.06. The van der Waals surface area contributed by atoms with E-state index in [0.29, 0.717) is 12.3 Å². The molecule has 4 nitrogen and oxygen atoms in total. The summed E-state index contributed by atoms with van der Waals surface area (Å²) in [5.74, 6) is 0.537. The number of hydrogen-bond acceptors (Lipinski definition) is 4. The molecule has 1 atom stereocenters. The van der Waals surface area contributed by atoms with Crippen LogP contribution in [0.4, 0.5) is 5.69 Å². The van der Waals surface area contributed by atoms with E-state index in [0.717, 1.165) is 21.1 Å². The molecule has 0 saturated heterocycles. The number of nitrogens with zero attached hydrogens (tertiary/aromatic N) is 1. The number of anilines is 1. The highest BCUT2D eigenvalue weighted by Gasteiger charge is 2.26. The number of furan rings is 1. The fraction of sp³-hybridized carbons (Fsp3) is 0.188. The highest BCUT2D eigenvalue weighted by molar-refractivity contribution is 9.10. The van der Waals surface area contributed by atoms with Crippen LogP contribution in [0.2, 0.25) is 0 Å². The third-order valence-corrected chi connectivity index (χ3v) is 3.87. The molecule has 2 aromatic heterocycles. The molecule has 1 aromatic carbocycles. The first-order valence-corrected chi connectivity index (χ1v) is 7.40. The molecular weight excluding hydrogens is 332 g/mol. The van der Waals surface area contributed by atoms with E-state index in [9.17, 15) is 5.11 Å². The van der Waals surface area contributed by atoms with Gasteiger partial charge in [0.2, 0.25) is 0 Å². The molecular formula is C16H15BrN2O2. The molecule has 0 radical (unpaired) electrons. The predicted molar refractivity (Wildman–Crippen MR) is 86.2 cm³/mol. The van der Waals surface area contributed by atoms with Gasteiger partial charge in [-0.05, 0) is 43.3 Å². The quantitative estimate of drug-likeness (QED) is 0.751. The lowest BCUT2D eigenvalue weighted by Crippen LogP contribution is -2.30. The van der Waals surface area contributed by atoms with Crippen LogP contribution < -0.4 is 5.32 Å². The van der Waals surface area contributed by atoms with Gasteiger partial charge in [0.25, 0.3) is 0 Å². The first-order valence-electron chi connectivity index (χ1n) is 6.61. The van der Waals surface area contributed by atoms with Crippen molar-refractivity contribution in [1.82, 2.24) is 4.98 Å². The molecule has 0 aliphatic heterocycles. The second-order valence-corrected chi connectivity index (χ2v) is 6.04. The molecule has 0 fully saturated rings. The number of benzene rings is 1. The number of fused-ring (bicyclic) bond motifs is 1. The predicted octanol–water partition coefficient (Wildman–Crippen LogP) is 3.91. The molecule has 3 rings (SSSR count). The SMILES string of the molecule is CC(O)(CNc1ccnc2ccc(Br)cc12)c1ccco1. The van der Waals surface area contributed by atoms with Crippen LogP contribution in [0.5, 0.6) is 0 Å². The van der Waals surface area contributed by atoms with E-state index in [1.54, 1.807) is 31.5 Å². The number of halogens is 1. The minimum Gasteiger partial charge on any atom is -0.466 e. The topological polar surface area (TPSA) is 58.3 Å². The Hall–Kier alpha value is -1.85. The van der Waals surface area contributed by atoms with Gasteiger partial charge < -0.3 is 14.8 Å². The Balaban J connectivity index is 1.87. The van der Waals surface area contributed by atoms with Gasteiger partial charge in [0.15, 0.2) is 0 Å². The zero-order valence-electron chi connectivity index (χ0n) is 11.5. The van der Waals surface area contributed by atoms with E-state index in [1.807, 2.05) is 24.3 Å². The smallest absolute Gasteiger partial charge is 0.136 e. The maximum Gasteiger partial charge on any atom is 0.136 e. The van der Waals surface area contributed by atoms with Crippen molar-refractivity contribution < 1.29 is 9.52 Å². The number of nitrogens with one attached hydrogen (secondary N) is 1. The summed E-state index contributed by atoms with van der Waals surface area (Å²) in [6, 6.07) is 11.3. The van der Waals surface area contributed by atoms with Crippen molar-refractivity contribution in [2.24, 2.45) is 0 Å². The molecule has 108 valence electrons. The molecule has 0 bridgehead atoms. The van der Waals surface area contributed by atoms with Crippen molar-refractivity contribution >= 4 is 32.5 Å². The molecule has 2 N–H and O–H groups in total. The Morgan fingerprint density at radius 3 is 2.95 bits per heavy atom. The van der Waals surface area contributed by atoms with Crippen LogP contribution in [-0.2, 0) is 5.60 Å². The molecule has 5 heteroatoms. The fourth-order valence-electron chi connectivity index (χ4n) is 2.21. The average molecular weight is 347 g/mol. The van der Waals surface area contributed by atoms with Crippen molar-refractivity contribution in [3.05, 3.63) is 59.1 Å². The van der Waals surface area contributed by atoms with Gasteiger partial charge in [-0.2, -0.15) is 0 Å². The van der Waals surface area contributed by atoms with E-state index in [1.165, 1.54) is 0 Å². The van der Waals surface area contributed by atoms with Crippen molar-refractivity contribution in [2.45, 2.75) is 12.5 Å². The summed E-state index contributed by atoms with van der Waals surface area (Å²) in [6.07, 6.45) is 3.31. The van der Waals surface area contributed by atoms with E-state index in [2.05, 4.69) is 26.2 Å². The van der Waals surface area contributed by atoms with Crippen LogP contribution in [0.25, 0.3) is 10.9 Å². The first kappa shape index (κ1) is 14.1. The van der Waals surface area contributed by atoms with E-state index < -0.39 is 5.60 Å². The third-order valence-electron chi connectivity index (χ3n) is 3.38. The largest absolute Gasteiger partial charge is 0.466 e. The standard InChI is InChI=1S/C16H15BrN2O2/c1-16(20,15-3-2-8-21-15)10-19-14-6-7-18-13-5-4-11(17)9-12(13)14/h2-9,20H,10H2,1H3,(H,18,19). The molecule has 0 aliphatic carbocycles. The van der Waals surface area contributed by atoms with Gasteiger partial charge in [-0.15, -0.1) is 0 Å². The zero-order valence-corrected chi connectivity index (χ0v) is 13.1. The molecule has 0 aliphatic rings. The summed E-state index contributed by atoms with van der Waals surface area (Å²) < 4.78 is 6.27. The number of aliphatic hydroxyl groups is 1. The Kier molecular flexibility index (Phi) is 3.69. The lowest BCUT2D eigenvalue weighted by Gasteiger charge is -2.22. The average Bonchev–Trinajstić information content (AvgIpc) is 3.00. The minimum atomic E-state index is -1.08. The molecule has 0 saturated carbocycles. The van der Waals surface area contributed by atoms with Crippen molar-refractivity contribution in [1.29, 1.82) is 0 Å². The second-order valence-electron chi connectivity index (χ2n) is 5.12. The van der Waals surface area contributed by atoms with E-state index in [4.69, 9.17) is 4.42 Å². The molecule has 3 aromatic rings. The summed E-state index contributed by atoms with van der Waals surface area (Å²) in [5.41, 5.74) is 0.749. The highest BCUT2D eigenvalue weighted by Crippen LogP contribution is 2.27. The van der Waals surface area contributed by atoms with E-state index in [-0.39, 0.29) is 0 Å². The Bertz CT molecular complexity index is 754. The van der Waals surface area contributed by atoms with Crippen LogP contribution in [0.15, 0.2) is 57.7 Å². The maximum absolute atomic E-state index is 10.5. The number of rotatable bonds is 4. The molecule has 2 heterocycles. The number of pyridine rings is 1. The highest BCUT2D eigenvalue weighted by atomic mass is 79.9. The zero-order chi connectivity index (χ0) is 14.9. The Morgan fingerprint density at radius 2 is 2.19 bits per heavy atom. The summed E-state index contributed by atoms with van der Waals surface area (Å²) >= 11 is 3.47. The van der Waals surface area contributed by atoms with Gasteiger partial charge in [0.1, 0.15) is 11.4 Å². The van der Waals surface area contributed by atoms with E-state index >= 15 is 0 Å². The summed E-state index contributed by atoms with van der Waals surface area (Å²) in [5, 5.41) is 14.8. The maximum atomic E-state index is 10.5. The van der Waals surface area contributed by atoms with Crippen LogP contribution >= 0.6 is 15.9 Å². The normalized spacial score (nSPS) is 14.0. The Morgan fingerprint density at radius 1 is 1.33 bits per heavy atom. The van der Waals surface area contributed by atoms with Crippen LogP contribution in [-0.4, -0.2) is 16.6 Å². The molecule has 21 heavy (non-hydrogen) atoms. The molecule has 0 spiro atoms. The second kappa shape index (κ2) is 5.50. The minimum absolute atomic E-state index is 0.339. The van der Waals surface area contributed by atoms with Gasteiger partial charge >= 0.3 is 0 Å². The van der Waals surface area contributed by atoms with Gasteiger partial charge in [0.05, 0.1) is 18.3 Å². The third kappa shape index (κ3) is 2.94. The monoisotopic (exact) mass is 346 g/mol. The van der Waals surface area contributed by atoms with Crippen molar-refractivity contribution in [3.63, 3.8) is 0 Å². The van der Waals surface area contributed by atoms with Crippen LogP contribution in [0.3, 0.4) is 0 Å². The lowest BCUT2D eigenvalue weighted by molar-refractivity contribution is 0.0477. The molecule has 1 unspecified atom stereocenters. The fourth-order valence-corrected chi connectivity index (χ4v) is 2.57. The van der Waals surface area contributed by atoms with Gasteiger partial charge in [0, 0.05) is 21.7 Å². The van der Waals surface area contributed by atoms with Crippen molar-refractivity contribution in [2.75, 3.05) is 11.9 Å². The molecule has 0 amide bonds. The number of hydrogen-bond donors (Lipinski definition) is 2. The summed E-state index contributed by atoms with van der Waals surface area (Å²) in [4.78, 5) is 4.34. The van der Waals surface area contributed by atoms with Crippen LogP contribution in [0.1, 0.15) is 12.7 Å².